The SMILES string of the molecule is CCCCCCCCOCC(COCCCCCCCC)OCCO. The molecule has 0 unspecified atom stereocenters. The van der Waals surface area contributed by atoms with Crippen LogP contribution in [0.15, 0.2) is 0 Å². The largest absolute Gasteiger partial charge is 0.394 e. The van der Waals surface area contributed by atoms with Crippen molar-refractivity contribution in [2.75, 3.05) is 39.6 Å². The van der Waals surface area contributed by atoms with E-state index in [0.29, 0.717) is 19.8 Å². The Bertz CT molecular complexity index is 216. The second-order valence-electron chi connectivity index (χ2n) is 6.90. The predicted octanol–water partition coefficient (Wildman–Crippen LogP) is 5.12. The van der Waals surface area contributed by atoms with Crippen LogP contribution in [-0.2, 0) is 14.2 Å². The average molecular weight is 361 g/mol. The van der Waals surface area contributed by atoms with Crippen LogP contribution in [0.1, 0.15) is 90.9 Å². The highest BCUT2D eigenvalue weighted by Crippen LogP contribution is 2.07. The lowest BCUT2D eigenvalue weighted by molar-refractivity contribution is -0.0678. The summed E-state index contributed by atoms with van der Waals surface area (Å²) in [6.45, 7) is 7.59. The van der Waals surface area contributed by atoms with Crippen LogP contribution in [0.4, 0.5) is 0 Å². The summed E-state index contributed by atoms with van der Waals surface area (Å²) >= 11 is 0. The molecule has 0 amide bonds. The van der Waals surface area contributed by atoms with E-state index in [0.717, 1.165) is 26.1 Å². The van der Waals surface area contributed by atoms with Gasteiger partial charge in [-0.05, 0) is 12.8 Å². The Morgan fingerprint density at radius 2 is 1.04 bits per heavy atom. The normalized spacial score (nSPS) is 11.5. The third-order valence-electron chi connectivity index (χ3n) is 4.34. The van der Waals surface area contributed by atoms with E-state index >= 15 is 0 Å². The van der Waals surface area contributed by atoms with Gasteiger partial charge in [-0.3, -0.25) is 0 Å². The maximum absolute atomic E-state index is 8.93. The lowest BCUT2D eigenvalue weighted by Crippen LogP contribution is -2.27. The highest BCUT2D eigenvalue weighted by molar-refractivity contribution is 4.56. The van der Waals surface area contributed by atoms with E-state index in [-0.39, 0.29) is 12.7 Å². The Morgan fingerprint density at radius 3 is 1.48 bits per heavy atom. The maximum Gasteiger partial charge on any atom is 0.104 e. The van der Waals surface area contributed by atoms with Crippen LogP contribution in [0.2, 0.25) is 0 Å². The maximum atomic E-state index is 8.93. The Hall–Kier alpha value is -0.160. The molecular weight excluding hydrogens is 316 g/mol. The fourth-order valence-electron chi connectivity index (χ4n) is 2.76. The van der Waals surface area contributed by atoms with Crippen molar-refractivity contribution >= 4 is 0 Å². The van der Waals surface area contributed by atoms with Crippen molar-refractivity contribution in [1.29, 1.82) is 0 Å². The first-order valence-corrected chi connectivity index (χ1v) is 10.7. The first kappa shape index (κ1) is 24.8. The molecule has 0 fully saturated rings. The van der Waals surface area contributed by atoms with E-state index in [1.807, 2.05) is 0 Å². The van der Waals surface area contributed by atoms with E-state index in [4.69, 9.17) is 19.3 Å². The van der Waals surface area contributed by atoms with Crippen molar-refractivity contribution in [3.8, 4) is 0 Å². The molecule has 0 saturated carbocycles. The highest BCUT2D eigenvalue weighted by Gasteiger charge is 2.09. The minimum Gasteiger partial charge on any atom is -0.394 e. The Balaban J connectivity index is 3.54. The topological polar surface area (TPSA) is 47.9 Å². The molecule has 0 aromatic rings. The quantitative estimate of drug-likeness (QED) is 0.289. The minimum absolute atomic E-state index is 0.0470. The molecule has 0 heterocycles. The van der Waals surface area contributed by atoms with Gasteiger partial charge >= 0.3 is 0 Å². The van der Waals surface area contributed by atoms with Gasteiger partial charge in [0.05, 0.1) is 26.4 Å². The number of hydrogen-bond donors (Lipinski definition) is 1. The summed E-state index contributed by atoms with van der Waals surface area (Å²) in [4.78, 5) is 0. The molecule has 0 saturated heterocycles. The summed E-state index contributed by atoms with van der Waals surface area (Å²) in [5, 5.41) is 8.93. The van der Waals surface area contributed by atoms with Crippen molar-refractivity contribution in [2.45, 2.75) is 97.0 Å². The molecule has 0 aromatic carbocycles. The third-order valence-corrected chi connectivity index (χ3v) is 4.34. The third kappa shape index (κ3) is 20.0. The van der Waals surface area contributed by atoms with Gasteiger partial charge in [0.25, 0.3) is 0 Å². The lowest BCUT2D eigenvalue weighted by atomic mass is 10.1. The first-order valence-electron chi connectivity index (χ1n) is 10.7. The highest BCUT2D eigenvalue weighted by atomic mass is 16.6. The molecule has 1 N–H and O–H groups in total. The second-order valence-corrected chi connectivity index (χ2v) is 6.90. The van der Waals surface area contributed by atoms with E-state index in [1.165, 1.54) is 64.2 Å². The molecule has 0 spiro atoms. The van der Waals surface area contributed by atoms with Gasteiger partial charge in [-0.25, -0.2) is 0 Å². The molecule has 0 aliphatic rings. The Labute approximate surface area is 156 Å². The van der Waals surface area contributed by atoms with Crippen LogP contribution in [0.3, 0.4) is 0 Å². The summed E-state index contributed by atoms with van der Waals surface area (Å²) in [7, 11) is 0. The zero-order chi connectivity index (χ0) is 18.4. The molecule has 0 aliphatic heterocycles. The van der Waals surface area contributed by atoms with Crippen molar-refractivity contribution in [3.63, 3.8) is 0 Å². The first-order chi connectivity index (χ1) is 12.3. The van der Waals surface area contributed by atoms with Gasteiger partial charge in [-0.15, -0.1) is 0 Å². The van der Waals surface area contributed by atoms with Gasteiger partial charge in [-0.1, -0.05) is 78.1 Å². The van der Waals surface area contributed by atoms with Crippen LogP contribution in [0.5, 0.6) is 0 Å². The van der Waals surface area contributed by atoms with Crippen LogP contribution >= 0.6 is 0 Å². The number of hydrogen-bond acceptors (Lipinski definition) is 4. The number of aliphatic hydroxyl groups excluding tert-OH is 1. The monoisotopic (exact) mass is 360 g/mol. The van der Waals surface area contributed by atoms with Gasteiger partial charge in [-0.2, -0.15) is 0 Å². The molecule has 0 aromatic heterocycles. The Kier molecular flexibility index (Phi) is 21.7. The average Bonchev–Trinajstić information content (AvgIpc) is 2.63. The molecule has 0 radical (unpaired) electrons. The van der Waals surface area contributed by atoms with Crippen molar-refractivity contribution < 1.29 is 19.3 Å². The summed E-state index contributed by atoms with van der Waals surface area (Å²) in [5.41, 5.74) is 0. The van der Waals surface area contributed by atoms with E-state index in [1.54, 1.807) is 0 Å². The fraction of sp³-hybridized carbons (Fsp3) is 1.00. The van der Waals surface area contributed by atoms with Crippen LogP contribution < -0.4 is 0 Å². The van der Waals surface area contributed by atoms with Crippen molar-refractivity contribution in [3.05, 3.63) is 0 Å². The zero-order valence-corrected chi connectivity index (χ0v) is 17.0. The summed E-state index contributed by atoms with van der Waals surface area (Å²) in [6.07, 6.45) is 15.2. The van der Waals surface area contributed by atoms with Crippen LogP contribution in [-0.4, -0.2) is 50.9 Å². The smallest absolute Gasteiger partial charge is 0.104 e. The van der Waals surface area contributed by atoms with Gasteiger partial charge in [0.1, 0.15) is 6.10 Å². The molecule has 0 atom stereocenters. The van der Waals surface area contributed by atoms with Gasteiger partial charge in [0, 0.05) is 13.2 Å². The molecule has 25 heavy (non-hydrogen) atoms. The van der Waals surface area contributed by atoms with Crippen molar-refractivity contribution in [2.24, 2.45) is 0 Å². The van der Waals surface area contributed by atoms with E-state index < -0.39 is 0 Å². The standard InChI is InChI=1S/C21H44O4/c1-3-5-7-9-11-13-16-23-19-21(25-18-15-22)20-24-17-14-12-10-8-6-4-2/h21-22H,3-20H2,1-2H3. The molecule has 0 rings (SSSR count). The molecular formula is C21H44O4. The zero-order valence-electron chi connectivity index (χ0n) is 17.0. The molecule has 4 nitrogen and oxygen atoms in total. The number of rotatable bonds is 21. The molecule has 0 aliphatic carbocycles. The molecule has 4 heteroatoms. The van der Waals surface area contributed by atoms with E-state index in [2.05, 4.69) is 13.8 Å². The summed E-state index contributed by atoms with van der Waals surface area (Å²) in [5.74, 6) is 0. The van der Waals surface area contributed by atoms with Crippen LogP contribution in [0.25, 0.3) is 0 Å². The molecule has 0 bridgehead atoms. The van der Waals surface area contributed by atoms with E-state index in [9.17, 15) is 0 Å². The lowest BCUT2D eigenvalue weighted by Gasteiger charge is -2.18. The van der Waals surface area contributed by atoms with Crippen molar-refractivity contribution in [1.82, 2.24) is 0 Å². The number of aliphatic hydroxyl groups is 1. The van der Waals surface area contributed by atoms with Gasteiger partial charge < -0.3 is 19.3 Å². The van der Waals surface area contributed by atoms with Crippen LogP contribution in [0, 0.1) is 0 Å². The summed E-state index contributed by atoms with van der Waals surface area (Å²) < 4.78 is 17.1. The minimum atomic E-state index is -0.0627. The molecule has 152 valence electrons. The summed E-state index contributed by atoms with van der Waals surface area (Å²) in [6, 6.07) is 0. The number of unbranched alkanes of at least 4 members (excludes halogenated alkanes) is 10. The fourth-order valence-corrected chi connectivity index (χ4v) is 2.76. The van der Waals surface area contributed by atoms with Gasteiger partial charge in [0.2, 0.25) is 0 Å². The second kappa shape index (κ2) is 21.9. The number of ether oxygens (including phenoxy) is 3. The Morgan fingerprint density at radius 1 is 0.600 bits per heavy atom. The predicted molar refractivity (Wildman–Crippen MR) is 105 cm³/mol. The van der Waals surface area contributed by atoms with Gasteiger partial charge in [0.15, 0.2) is 0 Å².